The Balaban J connectivity index is 2.46. The van der Waals surface area contributed by atoms with Gasteiger partial charge in [-0.3, -0.25) is 0 Å². The Hall–Kier alpha value is -1.35. The zero-order valence-electron chi connectivity index (χ0n) is 9.40. The number of hydrogen-bond acceptors (Lipinski definition) is 2. The Morgan fingerprint density at radius 1 is 1.56 bits per heavy atom. The van der Waals surface area contributed by atoms with Crippen LogP contribution in [0.2, 0.25) is 0 Å². The van der Waals surface area contributed by atoms with Gasteiger partial charge in [-0.1, -0.05) is 12.1 Å². The van der Waals surface area contributed by atoms with Gasteiger partial charge in [-0.25, -0.2) is 4.79 Å². The quantitative estimate of drug-likeness (QED) is 0.851. The molecule has 0 aliphatic heterocycles. The van der Waals surface area contributed by atoms with Crippen molar-refractivity contribution in [3.05, 3.63) is 34.9 Å². The molecule has 0 bridgehead atoms. The van der Waals surface area contributed by atoms with Crippen LogP contribution in [0, 0.1) is 0 Å². The Labute approximate surface area is 95.0 Å². The van der Waals surface area contributed by atoms with Crippen molar-refractivity contribution in [2.75, 3.05) is 13.7 Å². The summed E-state index contributed by atoms with van der Waals surface area (Å²) in [6.45, 7) is 0.608. The van der Waals surface area contributed by atoms with Crippen molar-refractivity contribution in [2.24, 2.45) is 0 Å². The number of hydrogen-bond donors (Lipinski definition) is 1. The summed E-state index contributed by atoms with van der Waals surface area (Å²) in [5.41, 5.74) is 2.61. The monoisotopic (exact) mass is 220 g/mol. The summed E-state index contributed by atoms with van der Waals surface area (Å²) in [6.07, 6.45) is 3.12. The molecule has 1 unspecified atom stereocenters. The number of methoxy groups -OCH3 is 1. The van der Waals surface area contributed by atoms with E-state index >= 15 is 0 Å². The summed E-state index contributed by atoms with van der Waals surface area (Å²) in [4.78, 5) is 11.2. The number of rotatable bonds is 3. The molecule has 16 heavy (non-hydrogen) atoms. The molecule has 0 amide bonds. The van der Waals surface area contributed by atoms with Crippen LogP contribution in [0.1, 0.15) is 40.2 Å². The first-order chi connectivity index (χ1) is 7.74. The molecule has 1 aliphatic carbocycles. The highest BCUT2D eigenvalue weighted by molar-refractivity contribution is 5.90. The van der Waals surface area contributed by atoms with Gasteiger partial charge in [-0.15, -0.1) is 0 Å². The smallest absolute Gasteiger partial charge is 0.335 e. The third-order valence-electron chi connectivity index (χ3n) is 3.20. The van der Waals surface area contributed by atoms with Crippen LogP contribution in [-0.2, 0) is 11.2 Å². The van der Waals surface area contributed by atoms with Crippen LogP contribution >= 0.6 is 0 Å². The van der Waals surface area contributed by atoms with Crippen molar-refractivity contribution in [1.82, 2.24) is 0 Å². The summed E-state index contributed by atoms with van der Waals surface area (Å²) < 4.78 is 5.18. The lowest BCUT2D eigenvalue weighted by Gasteiger charge is -2.26. The maximum atomic E-state index is 11.2. The van der Waals surface area contributed by atoms with E-state index in [1.165, 1.54) is 5.56 Å². The van der Waals surface area contributed by atoms with Crippen LogP contribution < -0.4 is 0 Å². The minimum absolute atomic E-state index is 0.237. The molecule has 1 N–H and O–H groups in total. The topological polar surface area (TPSA) is 46.5 Å². The van der Waals surface area contributed by atoms with Crippen LogP contribution in [0.25, 0.3) is 0 Å². The third kappa shape index (κ3) is 1.95. The van der Waals surface area contributed by atoms with E-state index in [0.29, 0.717) is 12.2 Å². The number of carbonyl (C=O) groups is 1. The summed E-state index contributed by atoms with van der Waals surface area (Å²) >= 11 is 0. The van der Waals surface area contributed by atoms with Crippen LogP contribution in [-0.4, -0.2) is 24.8 Å². The van der Waals surface area contributed by atoms with Crippen LogP contribution in [0.3, 0.4) is 0 Å². The van der Waals surface area contributed by atoms with Crippen LogP contribution in [0.15, 0.2) is 18.2 Å². The van der Waals surface area contributed by atoms with E-state index in [0.717, 1.165) is 24.8 Å². The fraction of sp³-hybridized carbons (Fsp3) is 0.462. The zero-order chi connectivity index (χ0) is 11.5. The summed E-state index contributed by atoms with van der Waals surface area (Å²) in [6, 6.07) is 5.55. The van der Waals surface area contributed by atoms with Crippen molar-refractivity contribution >= 4 is 5.97 Å². The molecule has 0 saturated heterocycles. The predicted octanol–water partition coefficient (Wildman–Crippen LogP) is 2.45. The second-order valence-corrected chi connectivity index (χ2v) is 4.23. The standard InChI is InChI=1S/C13H16O3/c1-16-8-10-6-2-4-9-5-3-7-11(12(9)10)13(14)15/h3,5,7,10H,2,4,6,8H2,1H3,(H,14,15). The second kappa shape index (κ2) is 4.66. The number of carboxylic acid groups (broad SMARTS) is 1. The van der Waals surface area contributed by atoms with Gasteiger partial charge < -0.3 is 9.84 Å². The normalized spacial score (nSPS) is 19.2. The molecule has 0 aromatic heterocycles. The lowest BCUT2D eigenvalue weighted by atomic mass is 9.80. The van der Waals surface area contributed by atoms with E-state index in [4.69, 9.17) is 4.74 Å². The SMILES string of the molecule is COCC1CCCc2cccc(C(=O)O)c21. The van der Waals surface area contributed by atoms with Gasteiger partial charge in [0, 0.05) is 13.0 Å². The van der Waals surface area contributed by atoms with Gasteiger partial charge in [0.05, 0.1) is 12.2 Å². The molecule has 1 aliphatic rings. The van der Waals surface area contributed by atoms with E-state index in [1.807, 2.05) is 12.1 Å². The number of carboxylic acids is 1. The van der Waals surface area contributed by atoms with Crippen molar-refractivity contribution < 1.29 is 14.6 Å². The Morgan fingerprint density at radius 2 is 2.38 bits per heavy atom. The number of aryl methyl sites for hydroxylation is 1. The number of ether oxygens (including phenoxy) is 1. The molecule has 3 heteroatoms. The summed E-state index contributed by atoms with van der Waals surface area (Å²) in [5.74, 6) is -0.596. The molecule has 1 aromatic carbocycles. The fourth-order valence-electron chi connectivity index (χ4n) is 2.55. The predicted molar refractivity (Wildman–Crippen MR) is 61.0 cm³/mol. The zero-order valence-corrected chi connectivity index (χ0v) is 9.40. The average Bonchev–Trinajstić information content (AvgIpc) is 2.29. The highest BCUT2D eigenvalue weighted by atomic mass is 16.5. The van der Waals surface area contributed by atoms with Gasteiger partial charge in [0.1, 0.15) is 0 Å². The fourth-order valence-corrected chi connectivity index (χ4v) is 2.55. The lowest BCUT2D eigenvalue weighted by molar-refractivity contribution is 0.0693. The third-order valence-corrected chi connectivity index (χ3v) is 3.20. The maximum absolute atomic E-state index is 11.2. The molecule has 1 atom stereocenters. The molecule has 0 fully saturated rings. The molecular formula is C13H16O3. The van der Waals surface area contributed by atoms with E-state index in [9.17, 15) is 9.90 Å². The molecular weight excluding hydrogens is 204 g/mol. The molecule has 3 nitrogen and oxygen atoms in total. The largest absolute Gasteiger partial charge is 0.478 e. The van der Waals surface area contributed by atoms with Crippen LogP contribution in [0.5, 0.6) is 0 Å². The average molecular weight is 220 g/mol. The van der Waals surface area contributed by atoms with Crippen molar-refractivity contribution in [1.29, 1.82) is 0 Å². The van der Waals surface area contributed by atoms with Gasteiger partial charge in [-0.05, 0) is 36.5 Å². The Morgan fingerprint density at radius 3 is 3.06 bits per heavy atom. The van der Waals surface area contributed by atoms with Crippen molar-refractivity contribution in [3.8, 4) is 0 Å². The summed E-state index contributed by atoms with van der Waals surface area (Å²) in [5, 5.41) is 9.19. The van der Waals surface area contributed by atoms with Gasteiger partial charge in [-0.2, -0.15) is 0 Å². The van der Waals surface area contributed by atoms with E-state index < -0.39 is 5.97 Å². The van der Waals surface area contributed by atoms with E-state index in [-0.39, 0.29) is 5.92 Å². The highest BCUT2D eigenvalue weighted by Gasteiger charge is 2.25. The molecule has 86 valence electrons. The number of fused-ring (bicyclic) bond motifs is 1. The van der Waals surface area contributed by atoms with Crippen molar-refractivity contribution in [2.45, 2.75) is 25.2 Å². The molecule has 0 radical (unpaired) electrons. The first-order valence-electron chi connectivity index (χ1n) is 5.58. The van der Waals surface area contributed by atoms with Gasteiger partial charge in [0.25, 0.3) is 0 Å². The van der Waals surface area contributed by atoms with Crippen molar-refractivity contribution in [3.63, 3.8) is 0 Å². The first kappa shape index (κ1) is 11.1. The first-order valence-corrected chi connectivity index (χ1v) is 5.58. The molecule has 1 aromatic rings. The van der Waals surface area contributed by atoms with Crippen LogP contribution in [0.4, 0.5) is 0 Å². The molecule has 0 saturated carbocycles. The Kier molecular flexibility index (Phi) is 3.25. The lowest BCUT2D eigenvalue weighted by Crippen LogP contribution is -2.18. The van der Waals surface area contributed by atoms with Gasteiger partial charge >= 0.3 is 5.97 Å². The minimum Gasteiger partial charge on any atom is -0.478 e. The maximum Gasteiger partial charge on any atom is 0.335 e. The minimum atomic E-state index is -0.833. The van der Waals surface area contributed by atoms with E-state index in [1.54, 1.807) is 13.2 Å². The van der Waals surface area contributed by atoms with E-state index in [2.05, 4.69) is 0 Å². The Bertz CT molecular complexity index is 398. The molecule has 0 spiro atoms. The molecule has 0 heterocycles. The highest BCUT2D eigenvalue weighted by Crippen LogP contribution is 2.34. The molecule has 2 rings (SSSR count). The van der Waals surface area contributed by atoms with Gasteiger partial charge in [0.2, 0.25) is 0 Å². The van der Waals surface area contributed by atoms with Gasteiger partial charge in [0.15, 0.2) is 0 Å². The summed E-state index contributed by atoms with van der Waals surface area (Å²) in [7, 11) is 1.66. The second-order valence-electron chi connectivity index (χ2n) is 4.23. The number of benzene rings is 1. The number of aromatic carboxylic acids is 1.